The minimum atomic E-state index is -4.68. The zero-order chi connectivity index (χ0) is 14.5. The number of halogens is 3. The number of carboxylic acids is 1. The highest BCUT2D eigenvalue weighted by Gasteiger charge is 2.64. The number of piperidine rings is 1. The molecule has 0 aromatic carbocycles. The van der Waals surface area contributed by atoms with E-state index in [4.69, 9.17) is 5.11 Å². The van der Waals surface area contributed by atoms with E-state index in [1.165, 1.54) is 0 Å². The minimum absolute atomic E-state index is 0.123. The molecule has 2 bridgehead atoms. The number of alkyl halides is 3. The Morgan fingerprint density at radius 1 is 1.20 bits per heavy atom. The molecule has 4 nitrogen and oxygen atoms in total. The van der Waals surface area contributed by atoms with Crippen molar-refractivity contribution in [1.82, 2.24) is 9.80 Å². The average molecular weight is 292 g/mol. The first-order valence-electron chi connectivity index (χ1n) is 7.10. The van der Waals surface area contributed by atoms with Crippen molar-refractivity contribution in [2.24, 2.45) is 11.3 Å². The molecule has 0 aromatic rings. The molecule has 0 saturated carbocycles. The van der Waals surface area contributed by atoms with Crippen molar-refractivity contribution in [2.45, 2.75) is 31.5 Å². The van der Waals surface area contributed by atoms with Crippen LogP contribution in [0.25, 0.3) is 0 Å². The van der Waals surface area contributed by atoms with Crippen LogP contribution in [0, 0.1) is 11.3 Å². The van der Waals surface area contributed by atoms with Gasteiger partial charge in [-0.1, -0.05) is 0 Å². The predicted molar refractivity (Wildman–Crippen MR) is 65.3 cm³/mol. The molecule has 114 valence electrons. The molecule has 0 aromatic heterocycles. The van der Waals surface area contributed by atoms with Gasteiger partial charge in [-0.25, -0.2) is 0 Å². The van der Waals surface area contributed by atoms with E-state index in [9.17, 15) is 18.0 Å². The maximum absolute atomic E-state index is 13.2. The second kappa shape index (κ2) is 4.59. The maximum atomic E-state index is 13.2. The third-order valence-electron chi connectivity index (χ3n) is 5.31. The highest BCUT2D eigenvalue weighted by Crippen LogP contribution is 2.47. The van der Waals surface area contributed by atoms with Crippen LogP contribution in [0.1, 0.15) is 19.3 Å². The van der Waals surface area contributed by atoms with E-state index < -0.39 is 17.6 Å². The molecule has 0 radical (unpaired) electrons. The minimum Gasteiger partial charge on any atom is -0.481 e. The molecule has 3 saturated heterocycles. The van der Waals surface area contributed by atoms with Crippen LogP contribution in [-0.2, 0) is 4.79 Å². The molecule has 0 aliphatic carbocycles. The number of fused-ring (bicyclic) bond motifs is 2. The smallest absolute Gasteiger partial charge is 0.406 e. The van der Waals surface area contributed by atoms with Gasteiger partial charge in [-0.3, -0.25) is 9.69 Å². The lowest BCUT2D eigenvalue weighted by Gasteiger charge is -2.37. The topological polar surface area (TPSA) is 43.8 Å². The summed E-state index contributed by atoms with van der Waals surface area (Å²) in [6.07, 6.45) is -3.12. The fourth-order valence-electron chi connectivity index (χ4n) is 4.06. The van der Waals surface area contributed by atoms with E-state index in [-0.39, 0.29) is 25.6 Å². The van der Waals surface area contributed by atoms with Gasteiger partial charge in [0, 0.05) is 19.1 Å². The van der Waals surface area contributed by atoms with Crippen LogP contribution >= 0.6 is 0 Å². The highest BCUT2D eigenvalue weighted by molar-refractivity contribution is 5.76. The van der Waals surface area contributed by atoms with E-state index in [0.29, 0.717) is 5.92 Å². The van der Waals surface area contributed by atoms with Gasteiger partial charge < -0.3 is 10.0 Å². The van der Waals surface area contributed by atoms with Gasteiger partial charge in [0.25, 0.3) is 0 Å². The van der Waals surface area contributed by atoms with Crippen LogP contribution in [-0.4, -0.2) is 65.8 Å². The monoisotopic (exact) mass is 292 g/mol. The predicted octanol–water partition coefficient (Wildman–Crippen LogP) is 1.42. The normalized spacial score (nSPS) is 42.0. The Kier molecular flexibility index (Phi) is 3.25. The van der Waals surface area contributed by atoms with E-state index >= 15 is 0 Å². The zero-order valence-electron chi connectivity index (χ0n) is 11.2. The van der Waals surface area contributed by atoms with Crippen LogP contribution in [0.2, 0.25) is 0 Å². The Balaban J connectivity index is 1.77. The van der Waals surface area contributed by atoms with Crippen molar-refractivity contribution in [3.8, 4) is 0 Å². The lowest BCUT2D eigenvalue weighted by atomic mass is 9.86. The Morgan fingerprint density at radius 3 is 2.50 bits per heavy atom. The average Bonchev–Trinajstić information content (AvgIpc) is 2.95. The summed E-state index contributed by atoms with van der Waals surface area (Å²) in [4.78, 5) is 15.3. The molecule has 7 heteroatoms. The molecule has 3 aliphatic heterocycles. The molecule has 0 spiro atoms. The van der Waals surface area contributed by atoms with Crippen molar-refractivity contribution in [1.29, 1.82) is 0 Å². The molecule has 1 N–H and O–H groups in total. The van der Waals surface area contributed by atoms with E-state index in [0.717, 1.165) is 32.5 Å². The quantitative estimate of drug-likeness (QED) is 0.836. The number of carbonyl (C=O) groups is 1. The molecule has 3 aliphatic rings. The largest absolute Gasteiger partial charge is 0.481 e. The zero-order valence-corrected chi connectivity index (χ0v) is 11.2. The molecule has 3 fully saturated rings. The first-order valence-corrected chi connectivity index (χ1v) is 7.10. The van der Waals surface area contributed by atoms with Crippen molar-refractivity contribution in [3.63, 3.8) is 0 Å². The summed E-state index contributed by atoms with van der Waals surface area (Å²) in [5.41, 5.74) is -2.57. The lowest BCUT2D eigenvalue weighted by molar-refractivity contribution is -0.228. The first-order chi connectivity index (χ1) is 9.33. The lowest BCUT2D eigenvalue weighted by Crippen LogP contribution is -2.50. The summed E-state index contributed by atoms with van der Waals surface area (Å²) in [5, 5.41) is 9.09. The summed E-state index contributed by atoms with van der Waals surface area (Å²) in [7, 11) is 0. The second-order valence-electron chi connectivity index (χ2n) is 6.31. The first kappa shape index (κ1) is 14.1. The Hall–Kier alpha value is -0.820. The van der Waals surface area contributed by atoms with Crippen LogP contribution in [0.5, 0.6) is 0 Å². The molecule has 3 heterocycles. The van der Waals surface area contributed by atoms with E-state index in [2.05, 4.69) is 4.90 Å². The van der Waals surface area contributed by atoms with Crippen molar-refractivity contribution in [3.05, 3.63) is 0 Å². The molecule has 3 rings (SSSR count). The molecule has 20 heavy (non-hydrogen) atoms. The molecule has 0 amide bonds. The summed E-state index contributed by atoms with van der Waals surface area (Å²) >= 11 is 0. The summed E-state index contributed by atoms with van der Waals surface area (Å²) < 4.78 is 39.5. The number of likely N-dealkylation sites (tertiary alicyclic amines) is 1. The van der Waals surface area contributed by atoms with Crippen LogP contribution < -0.4 is 0 Å². The number of rotatable bonds is 2. The number of hydrogen-bond donors (Lipinski definition) is 1. The summed E-state index contributed by atoms with van der Waals surface area (Å²) in [6.45, 7) is 2.76. The third-order valence-corrected chi connectivity index (χ3v) is 5.31. The summed E-state index contributed by atoms with van der Waals surface area (Å²) in [6, 6.07) is 0.123. The van der Waals surface area contributed by atoms with Crippen LogP contribution in [0.3, 0.4) is 0 Å². The van der Waals surface area contributed by atoms with Gasteiger partial charge in [-0.2, -0.15) is 13.2 Å². The number of nitrogens with zero attached hydrogens (tertiary/aromatic N) is 2. The number of aliphatic carboxylic acids is 1. The van der Waals surface area contributed by atoms with Crippen molar-refractivity contribution in [2.75, 3.05) is 32.7 Å². The van der Waals surface area contributed by atoms with Gasteiger partial charge in [0.15, 0.2) is 5.41 Å². The van der Waals surface area contributed by atoms with Gasteiger partial charge in [-0.05, 0) is 44.8 Å². The Morgan fingerprint density at radius 2 is 1.90 bits per heavy atom. The van der Waals surface area contributed by atoms with Gasteiger partial charge >= 0.3 is 12.1 Å². The Labute approximate surface area is 115 Å². The van der Waals surface area contributed by atoms with Gasteiger partial charge in [0.1, 0.15) is 0 Å². The fraction of sp³-hybridized carbons (Fsp3) is 0.923. The van der Waals surface area contributed by atoms with Crippen LogP contribution in [0.15, 0.2) is 0 Å². The molecular formula is C13H19F3N2O2. The van der Waals surface area contributed by atoms with E-state index in [1.54, 1.807) is 4.90 Å². The van der Waals surface area contributed by atoms with Crippen molar-refractivity contribution >= 4 is 5.97 Å². The van der Waals surface area contributed by atoms with Gasteiger partial charge in [-0.15, -0.1) is 0 Å². The van der Waals surface area contributed by atoms with E-state index in [1.807, 2.05) is 0 Å². The van der Waals surface area contributed by atoms with Crippen molar-refractivity contribution < 1.29 is 23.1 Å². The molecule has 4 atom stereocenters. The SMILES string of the molecule is O=C(O)C1(C(F)(F)F)CCN(C2CCN3CCC2C3)C1. The standard InChI is InChI=1S/C13H19F3N2O2/c14-13(15,16)12(11(19)20)3-6-18(8-12)10-2-5-17-4-1-9(10)7-17/h9-10H,1-8H2,(H,19,20). The second-order valence-corrected chi connectivity index (χ2v) is 6.31. The molecular weight excluding hydrogens is 273 g/mol. The van der Waals surface area contributed by atoms with Gasteiger partial charge in [0.2, 0.25) is 0 Å². The van der Waals surface area contributed by atoms with Gasteiger partial charge in [0.05, 0.1) is 0 Å². The molecule has 4 unspecified atom stereocenters. The summed E-state index contributed by atoms with van der Waals surface area (Å²) in [5.74, 6) is -1.32. The number of carboxylic acid groups (broad SMARTS) is 1. The fourth-order valence-corrected chi connectivity index (χ4v) is 4.06. The Bertz CT molecular complexity index is 415. The van der Waals surface area contributed by atoms with Crippen LogP contribution in [0.4, 0.5) is 13.2 Å². The maximum Gasteiger partial charge on any atom is 0.406 e. The third kappa shape index (κ3) is 2.02. The number of hydrogen-bond acceptors (Lipinski definition) is 3. The highest BCUT2D eigenvalue weighted by atomic mass is 19.4.